The summed E-state index contributed by atoms with van der Waals surface area (Å²) in [7, 11) is 0. The fraction of sp³-hybridized carbons (Fsp3) is 0.629. The Morgan fingerprint density at radius 1 is 1.07 bits per heavy atom. The summed E-state index contributed by atoms with van der Waals surface area (Å²) in [5.74, 6) is -1.03. The molecule has 2 aromatic rings. The summed E-state index contributed by atoms with van der Waals surface area (Å²) in [6.07, 6.45) is 6.76. The number of unbranched alkanes of at least 4 members (excludes halogenated alkanes) is 2. The zero-order chi connectivity index (χ0) is 33.3. The Hall–Kier alpha value is -3.31. The minimum atomic E-state index is -0.861. The molecule has 1 aliphatic carbocycles. The largest absolute Gasteiger partial charge is 0.465 e. The molecule has 1 aliphatic heterocycles. The van der Waals surface area contributed by atoms with Gasteiger partial charge in [0.15, 0.2) is 0 Å². The second-order valence-electron chi connectivity index (χ2n) is 13.8. The van der Waals surface area contributed by atoms with Gasteiger partial charge in [-0.05, 0) is 55.6 Å². The molecule has 252 valence electrons. The maximum Gasteiger partial charge on any atom is 0.308 e. The zero-order valence-electron chi connectivity index (χ0n) is 27.7. The fourth-order valence-electron chi connectivity index (χ4n) is 6.21. The smallest absolute Gasteiger partial charge is 0.308 e. The van der Waals surface area contributed by atoms with Crippen molar-refractivity contribution in [1.29, 1.82) is 0 Å². The van der Waals surface area contributed by atoms with Crippen LogP contribution in [0.25, 0.3) is 10.4 Å². The summed E-state index contributed by atoms with van der Waals surface area (Å²) in [4.78, 5) is 59.1. The van der Waals surface area contributed by atoms with Crippen molar-refractivity contribution in [3.8, 4) is 10.4 Å². The zero-order valence-corrected chi connectivity index (χ0v) is 28.5. The van der Waals surface area contributed by atoms with Gasteiger partial charge in [0.2, 0.25) is 17.7 Å². The summed E-state index contributed by atoms with van der Waals surface area (Å²) >= 11 is 1.58. The number of rotatable bonds is 13. The Morgan fingerprint density at radius 2 is 1.78 bits per heavy atom. The summed E-state index contributed by atoms with van der Waals surface area (Å²) in [6.45, 7) is 8.26. The lowest BCUT2D eigenvalue weighted by molar-refractivity contribution is -0.149. The van der Waals surface area contributed by atoms with Crippen molar-refractivity contribution in [2.45, 2.75) is 117 Å². The lowest BCUT2D eigenvalue weighted by Gasteiger charge is -2.35. The predicted octanol–water partition coefficient (Wildman–Crippen LogP) is 4.91. The fourth-order valence-corrected chi connectivity index (χ4v) is 7.02. The number of hydrogen-bond acceptors (Lipinski definition) is 8. The third kappa shape index (κ3) is 9.84. The highest BCUT2D eigenvalue weighted by molar-refractivity contribution is 7.13. The highest BCUT2D eigenvalue weighted by atomic mass is 32.1. The maximum absolute atomic E-state index is 13.8. The normalized spacial score (nSPS) is 19.5. The van der Waals surface area contributed by atoms with Crippen molar-refractivity contribution >= 4 is 35.0 Å². The van der Waals surface area contributed by atoms with Gasteiger partial charge in [-0.25, -0.2) is 4.98 Å². The van der Waals surface area contributed by atoms with Gasteiger partial charge in [-0.1, -0.05) is 64.3 Å². The molecule has 2 aliphatic rings. The van der Waals surface area contributed by atoms with Gasteiger partial charge in [-0.3, -0.25) is 19.2 Å². The number of carbonyl (C=O) groups excluding carboxylic acids is 4. The van der Waals surface area contributed by atoms with Gasteiger partial charge in [0.05, 0.1) is 34.7 Å². The van der Waals surface area contributed by atoms with E-state index >= 15 is 0 Å². The van der Waals surface area contributed by atoms with Crippen LogP contribution in [0.4, 0.5) is 0 Å². The molecule has 46 heavy (non-hydrogen) atoms. The van der Waals surface area contributed by atoms with Crippen molar-refractivity contribution in [2.24, 2.45) is 11.3 Å². The van der Waals surface area contributed by atoms with Crippen LogP contribution in [0, 0.1) is 18.3 Å². The molecule has 2 fully saturated rings. The number of nitrogens with one attached hydrogen (secondary N) is 2. The molecule has 1 aromatic carbocycles. The van der Waals surface area contributed by atoms with Crippen molar-refractivity contribution < 1.29 is 29.0 Å². The van der Waals surface area contributed by atoms with E-state index in [1.165, 1.54) is 11.3 Å². The van der Waals surface area contributed by atoms with Gasteiger partial charge >= 0.3 is 5.97 Å². The molecule has 2 heterocycles. The van der Waals surface area contributed by atoms with E-state index in [1.807, 2.05) is 57.5 Å². The van der Waals surface area contributed by atoms with Crippen LogP contribution in [0.5, 0.6) is 0 Å². The van der Waals surface area contributed by atoms with Crippen LogP contribution in [-0.2, 0) is 30.5 Å². The molecule has 3 atom stereocenters. The molecule has 3 amide bonds. The molecule has 0 bridgehead atoms. The van der Waals surface area contributed by atoms with E-state index in [-0.39, 0.29) is 55.5 Å². The summed E-state index contributed by atoms with van der Waals surface area (Å²) < 4.78 is 5.44. The molecule has 11 heteroatoms. The van der Waals surface area contributed by atoms with Crippen LogP contribution in [-0.4, -0.2) is 70.0 Å². The number of β-amino-alcohol motifs (C(OH)–C–C–N with tert-alkyl or cyclic N) is 1. The third-order valence-electron chi connectivity index (χ3n) is 8.94. The molecule has 1 saturated carbocycles. The number of likely N-dealkylation sites (tertiary alicyclic amines) is 1. The van der Waals surface area contributed by atoms with Crippen LogP contribution < -0.4 is 10.6 Å². The van der Waals surface area contributed by atoms with Crippen LogP contribution >= 0.6 is 11.3 Å². The number of amides is 3. The molecular formula is C35H50N4O6S. The average molecular weight is 655 g/mol. The highest BCUT2D eigenvalue weighted by Gasteiger charge is 2.44. The number of aliphatic hydroxyl groups excluding tert-OH is 1. The molecule has 4 rings (SSSR count). The Bertz CT molecular complexity index is 1330. The standard InChI is InChI=1S/C35H50N4O6S/c1-23-30(46-22-37-23)25-16-14-24(15-17-25)20-36-32(42)28-19-27(40)21-39(28)33(43)31(35(2,3)4)38-29(41)13-9-6-10-18-45-34(44)26-11-7-5-8-12-26/h14-17,22,26-28,31,40H,5-13,18-21H2,1-4H3,(H,36,42)(H,38,41)/t27-,28+,31-/m1/s1. The van der Waals surface area contributed by atoms with E-state index < -0.39 is 23.6 Å². The Labute approximate surface area is 276 Å². The number of aryl methyl sites for hydroxylation is 1. The van der Waals surface area contributed by atoms with Gasteiger partial charge in [0, 0.05) is 25.9 Å². The average Bonchev–Trinajstić information content (AvgIpc) is 3.65. The molecule has 1 aromatic heterocycles. The van der Waals surface area contributed by atoms with E-state index in [9.17, 15) is 24.3 Å². The van der Waals surface area contributed by atoms with Gasteiger partial charge < -0.3 is 25.4 Å². The molecule has 0 spiro atoms. The Kier molecular flexibility index (Phi) is 12.7. The van der Waals surface area contributed by atoms with Crippen molar-refractivity contribution in [3.63, 3.8) is 0 Å². The molecule has 1 saturated heterocycles. The monoisotopic (exact) mass is 654 g/mol. The first-order chi connectivity index (χ1) is 21.9. The summed E-state index contributed by atoms with van der Waals surface area (Å²) in [6, 6.07) is 6.22. The van der Waals surface area contributed by atoms with Crippen molar-refractivity contribution in [1.82, 2.24) is 20.5 Å². The number of esters is 1. The topological polar surface area (TPSA) is 138 Å². The van der Waals surface area contributed by atoms with Gasteiger partial charge in [-0.2, -0.15) is 0 Å². The van der Waals surface area contributed by atoms with E-state index in [0.717, 1.165) is 53.8 Å². The second kappa shape index (κ2) is 16.5. The van der Waals surface area contributed by atoms with E-state index in [4.69, 9.17) is 4.74 Å². The number of thiazole rings is 1. The number of ether oxygens (including phenoxy) is 1. The van der Waals surface area contributed by atoms with Gasteiger partial charge in [0.25, 0.3) is 0 Å². The second-order valence-corrected chi connectivity index (χ2v) is 14.6. The van der Waals surface area contributed by atoms with Crippen LogP contribution in [0.2, 0.25) is 0 Å². The highest BCUT2D eigenvalue weighted by Crippen LogP contribution is 2.29. The van der Waals surface area contributed by atoms with Crippen molar-refractivity contribution in [3.05, 3.63) is 41.0 Å². The van der Waals surface area contributed by atoms with Crippen molar-refractivity contribution in [2.75, 3.05) is 13.2 Å². The molecule has 10 nitrogen and oxygen atoms in total. The van der Waals surface area contributed by atoms with Crippen LogP contribution in [0.1, 0.15) is 96.2 Å². The first-order valence-electron chi connectivity index (χ1n) is 16.7. The number of hydrogen-bond donors (Lipinski definition) is 3. The first kappa shape index (κ1) is 35.5. The molecular weight excluding hydrogens is 604 g/mol. The summed E-state index contributed by atoms with van der Waals surface area (Å²) in [5.41, 5.74) is 4.16. The minimum absolute atomic E-state index is 0.0296. The predicted molar refractivity (Wildman–Crippen MR) is 178 cm³/mol. The maximum atomic E-state index is 13.8. The quantitative estimate of drug-likeness (QED) is 0.206. The number of aromatic nitrogens is 1. The van der Waals surface area contributed by atoms with Gasteiger partial charge in [-0.15, -0.1) is 11.3 Å². The lowest BCUT2D eigenvalue weighted by atomic mass is 9.85. The van der Waals surface area contributed by atoms with Crippen LogP contribution in [0.15, 0.2) is 29.8 Å². The van der Waals surface area contributed by atoms with E-state index in [0.29, 0.717) is 19.4 Å². The van der Waals surface area contributed by atoms with Crippen LogP contribution in [0.3, 0.4) is 0 Å². The minimum Gasteiger partial charge on any atom is -0.465 e. The number of aliphatic hydroxyl groups is 1. The molecule has 0 unspecified atom stereocenters. The summed E-state index contributed by atoms with van der Waals surface area (Å²) in [5, 5.41) is 16.3. The van der Waals surface area contributed by atoms with E-state index in [1.54, 1.807) is 11.3 Å². The Morgan fingerprint density at radius 3 is 2.43 bits per heavy atom. The lowest BCUT2D eigenvalue weighted by Crippen LogP contribution is -2.57. The number of benzene rings is 1. The third-order valence-corrected chi connectivity index (χ3v) is 9.92. The first-order valence-corrected chi connectivity index (χ1v) is 17.5. The Balaban J connectivity index is 1.25. The number of nitrogens with zero attached hydrogens (tertiary/aromatic N) is 2. The molecule has 0 radical (unpaired) electrons. The van der Waals surface area contributed by atoms with E-state index in [2.05, 4.69) is 15.6 Å². The number of carbonyl (C=O) groups is 4. The van der Waals surface area contributed by atoms with Gasteiger partial charge in [0.1, 0.15) is 12.1 Å². The molecule has 3 N–H and O–H groups in total. The SMILES string of the molecule is Cc1ncsc1-c1ccc(CNC(=O)[C@@H]2C[C@@H](O)CN2C(=O)[C@@H](NC(=O)CCCCCOC(=O)C2CCCCC2)C(C)(C)C)cc1.